The van der Waals surface area contributed by atoms with Gasteiger partial charge in [0, 0.05) is 0 Å². The molecule has 0 amide bonds. The molecule has 0 N–H and O–H groups in total. The first-order valence-electron chi connectivity index (χ1n) is 6.66. The number of hydrogen-bond acceptors (Lipinski definition) is 0. The maximum atomic E-state index is 2.39. The second kappa shape index (κ2) is 6.52. The third kappa shape index (κ3) is 3.52. The fourth-order valence-electron chi connectivity index (χ4n) is 2.51. The van der Waals surface area contributed by atoms with Crippen LogP contribution in [0.1, 0.15) is 44.9 Å². The van der Waals surface area contributed by atoms with E-state index in [1.165, 1.54) is 44.9 Å². The van der Waals surface area contributed by atoms with Crippen LogP contribution in [0.4, 0.5) is 0 Å². The lowest BCUT2D eigenvalue weighted by atomic mass is 9.87. The van der Waals surface area contributed by atoms with E-state index in [9.17, 15) is 0 Å². The molecule has 0 aromatic carbocycles. The molecule has 2 aliphatic rings. The van der Waals surface area contributed by atoms with Crippen molar-refractivity contribution in [2.45, 2.75) is 44.9 Å². The van der Waals surface area contributed by atoms with Gasteiger partial charge in [-0.05, 0) is 50.9 Å². The molecule has 0 aromatic rings. The minimum absolute atomic E-state index is 0.688. The van der Waals surface area contributed by atoms with Crippen molar-refractivity contribution in [2.24, 2.45) is 5.92 Å². The third-order valence-corrected chi connectivity index (χ3v) is 3.49. The van der Waals surface area contributed by atoms with Crippen molar-refractivity contribution in [1.82, 2.24) is 0 Å². The van der Waals surface area contributed by atoms with Gasteiger partial charge in [0.15, 0.2) is 0 Å². The summed E-state index contributed by atoms with van der Waals surface area (Å²) in [6.07, 6.45) is 25.2. The quantitative estimate of drug-likeness (QED) is 0.579. The molecule has 0 saturated heterocycles. The molecule has 1 unspecified atom stereocenters. The summed E-state index contributed by atoms with van der Waals surface area (Å²) in [5, 5.41) is 0. The van der Waals surface area contributed by atoms with Crippen LogP contribution in [-0.2, 0) is 0 Å². The maximum absolute atomic E-state index is 2.39. The Labute approximate surface area is 99.4 Å². The molecule has 0 heterocycles. The van der Waals surface area contributed by atoms with Crippen LogP contribution in [-0.4, -0.2) is 0 Å². The molecular weight excluding hydrogens is 192 g/mol. The van der Waals surface area contributed by atoms with Gasteiger partial charge in [0.25, 0.3) is 0 Å². The fraction of sp³-hybridized carbons (Fsp3) is 0.500. The molecule has 2 rings (SSSR count). The maximum Gasteiger partial charge on any atom is -0.00169 e. The first-order chi connectivity index (χ1) is 7.97. The van der Waals surface area contributed by atoms with Gasteiger partial charge in [-0.2, -0.15) is 0 Å². The highest BCUT2D eigenvalue weighted by atomic mass is 14.2. The highest BCUT2D eigenvalue weighted by Crippen LogP contribution is 2.27. The first-order valence-corrected chi connectivity index (χ1v) is 6.66. The highest BCUT2D eigenvalue weighted by Gasteiger charge is 2.11. The van der Waals surface area contributed by atoms with Gasteiger partial charge in [-0.3, -0.25) is 0 Å². The van der Waals surface area contributed by atoms with Crippen LogP contribution in [0, 0.1) is 5.92 Å². The van der Waals surface area contributed by atoms with Crippen LogP contribution < -0.4 is 0 Å². The zero-order chi connectivity index (χ0) is 11.1. The summed E-state index contributed by atoms with van der Waals surface area (Å²) in [4.78, 5) is 0. The van der Waals surface area contributed by atoms with Crippen LogP contribution in [0.3, 0.4) is 0 Å². The zero-order valence-electron chi connectivity index (χ0n) is 10.1. The van der Waals surface area contributed by atoms with Gasteiger partial charge >= 0.3 is 0 Å². The van der Waals surface area contributed by atoms with Crippen molar-refractivity contribution in [1.29, 1.82) is 0 Å². The Morgan fingerprint density at radius 2 is 1.75 bits per heavy atom. The van der Waals surface area contributed by atoms with Crippen LogP contribution >= 0.6 is 0 Å². The standard InChI is InChI=1S/C16H22/c1-3-7-11-15(12-8-4-1)16-13-9-5-2-6-10-14-16/h1,3,5,7,9,11,13,15H,2,4,6,8,10,12,14H2/b3-1-,9-5-,11-7-,16-13+. The van der Waals surface area contributed by atoms with Crippen LogP contribution in [0.15, 0.2) is 48.1 Å². The van der Waals surface area contributed by atoms with Crippen molar-refractivity contribution in [3.63, 3.8) is 0 Å². The highest BCUT2D eigenvalue weighted by molar-refractivity contribution is 5.22. The van der Waals surface area contributed by atoms with Crippen LogP contribution in [0.2, 0.25) is 0 Å². The number of hydrogen-bond donors (Lipinski definition) is 0. The van der Waals surface area contributed by atoms with Crippen LogP contribution in [0.25, 0.3) is 0 Å². The number of allylic oxidation sites excluding steroid dienone is 8. The van der Waals surface area contributed by atoms with Gasteiger partial charge < -0.3 is 0 Å². The van der Waals surface area contributed by atoms with Crippen LogP contribution in [0.5, 0.6) is 0 Å². The first kappa shape index (κ1) is 11.4. The summed E-state index contributed by atoms with van der Waals surface area (Å²) >= 11 is 0. The van der Waals surface area contributed by atoms with Gasteiger partial charge in [-0.1, -0.05) is 48.1 Å². The van der Waals surface area contributed by atoms with E-state index in [1.54, 1.807) is 5.57 Å². The molecule has 0 aliphatic heterocycles. The van der Waals surface area contributed by atoms with Gasteiger partial charge in [0.2, 0.25) is 0 Å². The molecule has 0 aromatic heterocycles. The van der Waals surface area contributed by atoms with Crippen molar-refractivity contribution >= 4 is 0 Å². The molecule has 0 spiro atoms. The average Bonchev–Trinajstić information content (AvgIpc) is 2.18. The topological polar surface area (TPSA) is 0 Å². The fourth-order valence-corrected chi connectivity index (χ4v) is 2.51. The minimum atomic E-state index is 0.688. The lowest BCUT2D eigenvalue weighted by Gasteiger charge is -2.18. The normalized spacial score (nSPS) is 35.8. The third-order valence-electron chi connectivity index (χ3n) is 3.49. The Kier molecular flexibility index (Phi) is 4.67. The van der Waals surface area contributed by atoms with E-state index >= 15 is 0 Å². The van der Waals surface area contributed by atoms with Crippen molar-refractivity contribution in [3.8, 4) is 0 Å². The lowest BCUT2D eigenvalue weighted by molar-refractivity contribution is 0.591. The summed E-state index contributed by atoms with van der Waals surface area (Å²) in [6, 6.07) is 0. The summed E-state index contributed by atoms with van der Waals surface area (Å²) in [7, 11) is 0. The molecule has 0 heteroatoms. The van der Waals surface area contributed by atoms with Crippen molar-refractivity contribution in [2.75, 3.05) is 0 Å². The van der Waals surface area contributed by atoms with E-state index in [2.05, 4.69) is 42.5 Å². The molecule has 2 aliphatic carbocycles. The molecule has 86 valence electrons. The van der Waals surface area contributed by atoms with E-state index in [-0.39, 0.29) is 0 Å². The van der Waals surface area contributed by atoms with Crippen molar-refractivity contribution in [3.05, 3.63) is 48.1 Å². The lowest BCUT2D eigenvalue weighted by Crippen LogP contribution is -2.03. The Morgan fingerprint density at radius 3 is 2.75 bits per heavy atom. The van der Waals surface area contributed by atoms with E-state index in [1.807, 2.05) is 0 Å². The Bertz CT molecular complexity index is 315. The Balaban J connectivity index is 2.07. The number of rotatable bonds is 1. The average molecular weight is 214 g/mol. The summed E-state index contributed by atoms with van der Waals surface area (Å²) in [6.45, 7) is 0. The smallest absolute Gasteiger partial charge is 0.00169 e. The summed E-state index contributed by atoms with van der Waals surface area (Å²) in [5.41, 5.74) is 1.64. The van der Waals surface area contributed by atoms with E-state index in [0.717, 1.165) is 0 Å². The molecule has 1 atom stereocenters. The molecule has 0 bridgehead atoms. The molecular formula is C16H22. The van der Waals surface area contributed by atoms with Gasteiger partial charge in [0.05, 0.1) is 0 Å². The second-order valence-electron chi connectivity index (χ2n) is 4.77. The predicted molar refractivity (Wildman–Crippen MR) is 71.3 cm³/mol. The van der Waals surface area contributed by atoms with Gasteiger partial charge in [-0.15, -0.1) is 0 Å². The molecule has 0 radical (unpaired) electrons. The Hall–Kier alpha value is -1.04. The summed E-state index contributed by atoms with van der Waals surface area (Å²) in [5.74, 6) is 0.688. The van der Waals surface area contributed by atoms with E-state index < -0.39 is 0 Å². The predicted octanol–water partition coefficient (Wildman–Crippen LogP) is 4.96. The van der Waals surface area contributed by atoms with Crippen molar-refractivity contribution < 1.29 is 0 Å². The molecule has 16 heavy (non-hydrogen) atoms. The van der Waals surface area contributed by atoms with E-state index in [4.69, 9.17) is 0 Å². The molecule has 0 fully saturated rings. The van der Waals surface area contributed by atoms with Gasteiger partial charge in [0.1, 0.15) is 0 Å². The Morgan fingerprint density at radius 1 is 0.875 bits per heavy atom. The monoisotopic (exact) mass is 214 g/mol. The zero-order valence-corrected chi connectivity index (χ0v) is 10.1. The largest absolute Gasteiger partial charge is 0.0845 e. The molecule has 0 saturated carbocycles. The van der Waals surface area contributed by atoms with E-state index in [0.29, 0.717) is 5.92 Å². The SMILES string of the molecule is C1=C\CCCC(/C2=C/C=C\CCCC2)\C=C/1. The minimum Gasteiger partial charge on any atom is -0.0845 e. The molecule has 0 nitrogen and oxygen atoms in total. The van der Waals surface area contributed by atoms with Gasteiger partial charge in [-0.25, -0.2) is 0 Å². The second-order valence-corrected chi connectivity index (χ2v) is 4.77. The summed E-state index contributed by atoms with van der Waals surface area (Å²) < 4.78 is 0.